The molecule has 0 radical (unpaired) electrons. The Morgan fingerprint density at radius 2 is 1.11 bits per heavy atom. The topological polar surface area (TPSA) is 160 Å². The SMILES string of the molecule is COc1cc2c(cc1OCCCC(=O)Nc1ccc(Cl)cc1)N=C[C@@H]1CCCN1C2=O.COc1cc2c(cc1OCCCC(=O)Nc1ccc(F)cc1)N=C[C@@H]1CCCN1C2=O. The number of amides is 4. The van der Waals surface area contributed by atoms with Gasteiger partial charge in [0.05, 0.1) is 62.0 Å². The predicted octanol–water partition coefficient (Wildman–Crippen LogP) is 8.42. The summed E-state index contributed by atoms with van der Waals surface area (Å²) in [4.78, 5) is 62.7. The minimum absolute atomic E-state index is 0.0290. The molecule has 4 aliphatic rings. The quantitative estimate of drug-likeness (QED) is 0.120. The van der Waals surface area contributed by atoms with Gasteiger partial charge in [0.15, 0.2) is 23.0 Å². The summed E-state index contributed by atoms with van der Waals surface area (Å²) in [6.45, 7) is 2.09. The Balaban J connectivity index is 0.000000186. The summed E-state index contributed by atoms with van der Waals surface area (Å²) in [5.74, 6) is 1.21. The number of halogens is 2. The van der Waals surface area contributed by atoms with E-state index in [1.807, 2.05) is 22.2 Å². The minimum Gasteiger partial charge on any atom is -0.493 e. The summed E-state index contributed by atoms with van der Waals surface area (Å²) in [7, 11) is 3.06. The number of ether oxygens (including phenoxy) is 4. The second-order valence-electron chi connectivity index (χ2n) is 15.0. The number of aliphatic imine (C=N–C) groups is 2. The van der Waals surface area contributed by atoms with Gasteiger partial charge >= 0.3 is 0 Å². The van der Waals surface area contributed by atoms with E-state index >= 15 is 0 Å². The molecular weight excluding hydrogens is 819 g/mol. The van der Waals surface area contributed by atoms with Gasteiger partial charge in [-0.3, -0.25) is 29.2 Å². The van der Waals surface area contributed by atoms with Gasteiger partial charge in [0.2, 0.25) is 11.8 Å². The van der Waals surface area contributed by atoms with Crippen LogP contribution >= 0.6 is 11.6 Å². The molecule has 4 aromatic carbocycles. The lowest BCUT2D eigenvalue weighted by Crippen LogP contribution is -2.35. The Bertz CT molecular complexity index is 2180. The van der Waals surface area contributed by atoms with Gasteiger partial charge in [0.25, 0.3) is 11.8 Å². The molecule has 0 aromatic heterocycles. The molecule has 14 nitrogen and oxygen atoms in total. The summed E-state index contributed by atoms with van der Waals surface area (Å²) in [5, 5.41) is 6.16. The van der Waals surface area contributed by atoms with Gasteiger partial charge in [-0.1, -0.05) is 11.6 Å². The van der Waals surface area contributed by atoms with E-state index in [4.69, 9.17) is 30.5 Å². The number of fused-ring (bicyclic) bond motifs is 4. The number of hydrogen-bond acceptors (Lipinski definition) is 10. The highest BCUT2D eigenvalue weighted by atomic mass is 35.5. The van der Waals surface area contributed by atoms with Crippen LogP contribution in [0.15, 0.2) is 82.8 Å². The third-order valence-corrected chi connectivity index (χ3v) is 11.0. The largest absolute Gasteiger partial charge is 0.493 e. The lowest BCUT2D eigenvalue weighted by atomic mass is 10.1. The third-order valence-electron chi connectivity index (χ3n) is 10.8. The molecule has 2 N–H and O–H groups in total. The van der Waals surface area contributed by atoms with Crippen molar-refractivity contribution in [3.05, 3.63) is 94.8 Å². The molecule has 2 saturated heterocycles. The number of hydrogen-bond donors (Lipinski definition) is 2. The lowest BCUT2D eigenvalue weighted by Gasteiger charge is -2.20. The van der Waals surface area contributed by atoms with Crippen LogP contribution in [-0.4, -0.2) is 98.5 Å². The molecule has 0 saturated carbocycles. The van der Waals surface area contributed by atoms with Crippen molar-refractivity contribution in [3.63, 3.8) is 0 Å². The molecule has 62 heavy (non-hydrogen) atoms. The highest BCUT2D eigenvalue weighted by Gasteiger charge is 2.34. The van der Waals surface area contributed by atoms with Gasteiger partial charge in [-0.15, -0.1) is 0 Å². The number of nitrogens with one attached hydrogen (secondary N) is 2. The molecule has 0 unspecified atom stereocenters. The Kier molecular flexibility index (Phi) is 14.3. The Labute approximate surface area is 364 Å². The molecule has 16 heteroatoms. The fourth-order valence-corrected chi connectivity index (χ4v) is 7.71. The summed E-state index contributed by atoms with van der Waals surface area (Å²) < 4.78 is 35.5. The van der Waals surface area contributed by atoms with Gasteiger partial charge in [-0.05, 0) is 99.2 Å². The van der Waals surface area contributed by atoms with Crippen molar-refractivity contribution in [1.82, 2.24) is 9.80 Å². The summed E-state index contributed by atoms with van der Waals surface area (Å²) in [6.07, 6.45) is 9.04. The number of carbonyl (C=O) groups excluding carboxylic acids is 4. The minimum atomic E-state index is -0.354. The van der Waals surface area contributed by atoms with Gasteiger partial charge in [-0.25, -0.2) is 4.39 Å². The van der Waals surface area contributed by atoms with E-state index in [1.165, 1.54) is 38.5 Å². The van der Waals surface area contributed by atoms with Crippen LogP contribution < -0.4 is 29.6 Å². The zero-order chi connectivity index (χ0) is 43.6. The van der Waals surface area contributed by atoms with Crippen LogP contribution in [-0.2, 0) is 9.59 Å². The van der Waals surface area contributed by atoms with Gasteiger partial charge in [-0.2, -0.15) is 0 Å². The van der Waals surface area contributed by atoms with Crippen molar-refractivity contribution in [2.45, 2.75) is 63.5 Å². The molecule has 0 bridgehead atoms. The van der Waals surface area contributed by atoms with Crippen LogP contribution in [0, 0.1) is 5.82 Å². The normalized spacial score (nSPS) is 17.0. The van der Waals surface area contributed by atoms with Crippen molar-refractivity contribution < 1.29 is 42.5 Å². The van der Waals surface area contributed by atoms with Crippen LogP contribution in [0.2, 0.25) is 5.02 Å². The van der Waals surface area contributed by atoms with E-state index in [2.05, 4.69) is 20.6 Å². The fourth-order valence-electron chi connectivity index (χ4n) is 7.58. The smallest absolute Gasteiger partial charge is 0.256 e. The molecule has 0 spiro atoms. The van der Waals surface area contributed by atoms with E-state index in [0.29, 0.717) is 94.4 Å². The van der Waals surface area contributed by atoms with E-state index in [1.54, 1.807) is 48.5 Å². The maximum absolute atomic E-state index is 12.9. The van der Waals surface area contributed by atoms with Crippen LogP contribution in [0.25, 0.3) is 0 Å². The van der Waals surface area contributed by atoms with Crippen molar-refractivity contribution in [2.24, 2.45) is 9.98 Å². The molecule has 2 fully saturated rings. The zero-order valence-corrected chi connectivity index (χ0v) is 35.3. The average molecular weight is 867 g/mol. The monoisotopic (exact) mass is 866 g/mol. The van der Waals surface area contributed by atoms with Crippen molar-refractivity contribution >= 4 is 70.4 Å². The van der Waals surface area contributed by atoms with Crippen LogP contribution in [0.4, 0.5) is 27.1 Å². The molecule has 4 aromatic rings. The van der Waals surface area contributed by atoms with E-state index in [-0.39, 0.29) is 48.0 Å². The highest BCUT2D eigenvalue weighted by molar-refractivity contribution is 6.30. The number of benzene rings is 4. The highest BCUT2D eigenvalue weighted by Crippen LogP contribution is 2.39. The first-order valence-corrected chi connectivity index (χ1v) is 21.0. The van der Waals surface area contributed by atoms with Crippen molar-refractivity contribution in [1.29, 1.82) is 0 Å². The number of methoxy groups -OCH3 is 2. The Hall–Kier alpha value is -6.48. The standard InChI is InChI=1S/C23H24ClN3O4.C23H24FN3O4/c2*1-30-20-12-18-19(25-14-17-4-2-10-27(17)23(18)29)13-21(20)31-11-3-5-22(28)26-16-8-6-15(24)7-9-16/h2*6-9,12-14,17H,2-5,10-11H2,1H3,(H,26,28)/t2*17-/m00/s1. The van der Waals surface area contributed by atoms with Gasteiger partial charge < -0.3 is 39.4 Å². The zero-order valence-electron chi connectivity index (χ0n) is 34.5. The molecular formula is C46H48ClFN6O8. The number of carbonyl (C=O) groups is 4. The number of rotatable bonds is 14. The number of anilines is 2. The Morgan fingerprint density at radius 3 is 1.55 bits per heavy atom. The molecule has 0 aliphatic carbocycles. The fraction of sp³-hybridized carbons (Fsp3) is 0.348. The molecule has 324 valence electrons. The van der Waals surface area contributed by atoms with Gasteiger partial charge in [0, 0.05) is 66.9 Å². The number of nitrogens with zero attached hydrogens (tertiary/aromatic N) is 4. The van der Waals surface area contributed by atoms with Crippen LogP contribution in [0.5, 0.6) is 23.0 Å². The second kappa shape index (κ2) is 20.4. The first-order valence-electron chi connectivity index (χ1n) is 20.6. The summed E-state index contributed by atoms with van der Waals surface area (Å²) in [6, 6.07) is 19.5. The predicted molar refractivity (Wildman–Crippen MR) is 235 cm³/mol. The second-order valence-corrected chi connectivity index (χ2v) is 15.5. The summed E-state index contributed by atoms with van der Waals surface area (Å²) in [5.41, 5.74) is 3.41. The molecule has 2 atom stereocenters. The molecule has 4 heterocycles. The molecule has 4 amide bonds. The maximum Gasteiger partial charge on any atom is 0.256 e. The van der Waals surface area contributed by atoms with E-state index in [9.17, 15) is 23.6 Å². The van der Waals surface area contributed by atoms with Crippen molar-refractivity contribution in [2.75, 3.05) is 51.2 Å². The first-order chi connectivity index (χ1) is 30.1. The van der Waals surface area contributed by atoms with Crippen LogP contribution in [0.1, 0.15) is 72.1 Å². The van der Waals surface area contributed by atoms with Crippen LogP contribution in [0.3, 0.4) is 0 Å². The first kappa shape index (κ1) is 43.6. The molecule has 4 aliphatic heterocycles. The summed E-state index contributed by atoms with van der Waals surface area (Å²) >= 11 is 5.85. The lowest BCUT2D eigenvalue weighted by molar-refractivity contribution is -0.117. The third kappa shape index (κ3) is 10.7. The van der Waals surface area contributed by atoms with Gasteiger partial charge in [0.1, 0.15) is 5.82 Å². The van der Waals surface area contributed by atoms with E-state index < -0.39 is 0 Å². The van der Waals surface area contributed by atoms with E-state index in [0.717, 1.165) is 38.8 Å². The van der Waals surface area contributed by atoms with Crippen molar-refractivity contribution in [3.8, 4) is 23.0 Å². The average Bonchev–Trinajstić information content (AvgIpc) is 3.91. The molecule has 8 rings (SSSR count). The maximum atomic E-state index is 12.9. The Morgan fingerprint density at radius 1 is 0.677 bits per heavy atom.